The Morgan fingerprint density at radius 1 is 1.39 bits per heavy atom. The second-order valence-electron chi connectivity index (χ2n) is 4.07. The Morgan fingerprint density at radius 2 is 2.11 bits per heavy atom. The first-order valence-corrected chi connectivity index (χ1v) is 5.80. The SMILES string of the molecule is C#CCC(Cc1cccc(C(F)(F)F)c1)NCC. The van der Waals surface area contributed by atoms with Crippen LogP contribution < -0.4 is 5.32 Å². The maximum atomic E-state index is 12.6. The number of alkyl halides is 3. The standard InChI is InChI=1S/C14H16F3N/c1-3-6-13(18-4-2)10-11-7-5-8-12(9-11)14(15,16)17/h1,5,7-9,13,18H,4,6,10H2,2H3. The molecule has 98 valence electrons. The van der Waals surface area contributed by atoms with E-state index in [1.54, 1.807) is 6.07 Å². The van der Waals surface area contributed by atoms with Gasteiger partial charge in [-0.2, -0.15) is 13.2 Å². The molecule has 0 amide bonds. The molecule has 0 fully saturated rings. The van der Waals surface area contributed by atoms with Crippen LogP contribution in [0.5, 0.6) is 0 Å². The first kappa shape index (κ1) is 14.6. The van der Waals surface area contributed by atoms with Gasteiger partial charge in [-0.15, -0.1) is 12.3 Å². The Bertz CT molecular complexity index is 418. The molecule has 18 heavy (non-hydrogen) atoms. The molecule has 1 aromatic carbocycles. The smallest absolute Gasteiger partial charge is 0.313 e. The third-order valence-electron chi connectivity index (χ3n) is 2.59. The molecule has 0 heterocycles. The minimum absolute atomic E-state index is 0.0171. The molecule has 0 saturated heterocycles. The summed E-state index contributed by atoms with van der Waals surface area (Å²) in [5.74, 6) is 2.53. The number of hydrogen-bond acceptors (Lipinski definition) is 1. The van der Waals surface area contributed by atoms with Crippen LogP contribution >= 0.6 is 0 Å². The van der Waals surface area contributed by atoms with Crippen molar-refractivity contribution < 1.29 is 13.2 Å². The second kappa shape index (κ2) is 6.46. The summed E-state index contributed by atoms with van der Waals surface area (Å²) in [6.07, 6.45) is 1.95. The molecule has 0 aliphatic rings. The van der Waals surface area contributed by atoms with E-state index in [0.29, 0.717) is 18.4 Å². The fraction of sp³-hybridized carbons (Fsp3) is 0.429. The van der Waals surface area contributed by atoms with Crippen LogP contribution in [0.4, 0.5) is 13.2 Å². The highest BCUT2D eigenvalue weighted by molar-refractivity contribution is 5.26. The zero-order chi connectivity index (χ0) is 13.6. The predicted octanol–water partition coefficient (Wildman–Crippen LogP) is 3.25. The predicted molar refractivity (Wildman–Crippen MR) is 66.1 cm³/mol. The molecule has 0 radical (unpaired) electrons. The highest BCUT2D eigenvalue weighted by Gasteiger charge is 2.30. The first-order valence-electron chi connectivity index (χ1n) is 5.80. The summed E-state index contributed by atoms with van der Waals surface area (Å²) in [7, 11) is 0. The molecule has 0 aliphatic heterocycles. The van der Waals surface area contributed by atoms with Gasteiger partial charge < -0.3 is 5.32 Å². The minimum Gasteiger partial charge on any atom is -0.313 e. The summed E-state index contributed by atoms with van der Waals surface area (Å²) in [5, 5.41) is 3.17. The van der Waals surface area contributed by atoms with Gasteiger partial charge in [0.15, 0.2) is 0 Å². The molecule has 1 nitrogen and oxygen atoms in total. The van der Waals surface area contributed by atoms with Gasteiger partial charge in [-0.3, -0.25) is 0 Å². The number of rotatable bonds is 5. The van der Waals surface area contributed by atoms with E-state index in [1.807, 2.05) is 6.92 Å². The van der Waals surface area contributed by atoms with Crippen LogP contribution in [0.2, 0.25) is 0 Å². The van der Waals surface area contributed by atoms with Crippen molar-refractivity contribution in [1.82, 2.24) is 5.32 Å². The third-order valence-corrected chi connectivity index (χ3v) is 2.59. The largest absolute Gasteiger partial charge is 0.416 e. The topological polar surface area (TPSA) is 12.0 Å². The zero-order valence-corrected chi connectivity index (χ0v) is 10.2. The molecule has 0 bridgehead atoms. The number of benzene rings is 1. The van der Waals surface area contributed by atoms with E-state index in [1.165, 1.54) is 12.1 Å². The molecule has 1 atom stereocenters. The normalized spacial score (nSPS) is 13.1. The molecule has 4 heteroatoms. The first-order chi connectivity index (χ1) is 8.47. The molecule has 1 unspecified atom stereocenters. The van der Waals surface area contributed by atoms with E-state index in [-0.39, 0.29) is 6.04 Å². The van der Waals surface area contributed by atoms with Gasteiger partial charge in [0.05, 0.1) is 5.56 Å². The van der Waals surface area contributed by atoms with Crippen molar-refractivity contribution in [3.05, 3.63) is 35.4 Å². The van der Waals surface area contributed by atoms with E-state index in [9.17, 15) is 13.2 Å². The summed E-state index contributed by atoms with van der Waals surface area (Å²) in [6, 6.07) is 5.39. The molecule has 0 aliphatic carbocycles. The van der Waals surface area contributed by atoms with E-state index >= 15 is 0 Å². The van der Waals surface area contributed by atoms with E-state index < -0.39 is 11.7 Å². The van der Waals surface area contributed by atoms with Gasteiger partial charge in [-0.25, -0.2) is 0 Å². The summed E-state index contributed by atoms with van der Waals surface area (Å²) >= 11 is 0. The van der Waals surface area contributed by atoms with E-state index in [0.717, 1.165) is 12.6 Å². The highest BCUT2D eigenvalue weighted by atomic mass is 19.4. The van der Waals surface area contributed by atoms with Gasteiger partial charge >= 0.3 is 6.18 Å². The summed E-state index contributed by atoms with van der Waals surface area (Å²) in [5.41, 5.74) is 0.0296. The minimum atomic E-state index is -4.30. The monoisotopic (exact) mass is 255 g/mol. The van der Waals surface area contributed by atoms with Crippen molar-refractivity contribution in [2.75, 3.05) is 6.54 Å². The average molecular weight is 255 g/mol. The lowest BCUT2D eigenvalue weighted by Crippen LogP contribution is -2.30. The summed E-state index contributed by atoms with van der Waals surface area (Å²) in [6.45, 7) is 2.68. The van der Waals surface area contributed by atoms with Crippen molar-refractivity contribution in [2.45, 2.75) is 32.0 Å². The van der Waals surface area contributed by atoms with Gasteiger partial charge in [0.2, 0.25) is 0 Å². The van der Waals surface area contributed by atoms with Crippen LogP contribution in [0.1, 0.15) is 24.5 Å². The molecule has 1 N–H and O–H groups in total. The third kappa shape index (κ3) is 4.42. The number of terminal acetylenes is 1. The van der Waals surface area contributed by atoms with Crippen LogP contribution in [0, 0.1) is 12.3 Å². The maximum Gasteiger partial charge on any atom is 0.416 e. The Labute approximate surface area is 105 Å². The van der Waals surface area contributed by atoms with Gasteiger partial charge in [0.1, 0.15) is 0 Å². The molecule has 1 rings (SSSR count). The van der Waals surface area contributed by atoms with Crippen molar-refractivity contribution in [3.8, 4) is 12.3 Å². The van der Waals surface area contributed by atoms with Gasteiger partial charge in [0, 0.05) is 12.5 Å². The molecule has 1 aromatic rings. The Kier molecular flexibility index (Phi) is 5.24. The zero-order valence-electron chi connectivity index (χ0n) is 10.2. The second-order valence-corrected chi connectivity index (χ2v) is 4.07. The number of nitrogens with one attached hydrogen (secondary N) is 1. The summed E-state index contributed by atoms with van der Waals surface area (Å²) < 4.78 is 37.7. The van der Waals surface area contributed by atoms with Crippen molar-refractivity contribution >= 4 is 0 Å². The highest BCUT2D eigenvalue weighted by Crippen LogP contribution is 2.29. The van der Waals surface area contributed by atoms with Crippen LogP contribution in [0.25, 0.3) is 0 Å². The van der Waals surface area contributed by atoms with Crippen LogP contribution in [-0.4, -0.2) is 12.6 Å². The fourth-order valence-corrected chi connectivity index (χ4v) is 1.81. The molecule has 0 aromatic heterocycles. The number of hydrogen-bond donors (Lipinski definition) is 1. The molecular formula is C14H16F3N. The molecular weight excluding hydrogens is 239 g/mol. The Hall–Kier alpha value is -1.47. The lowest BCUT2D eigenvalue weighted by Gasteiger charge is -2.16. The quantitative estimate of drug-likeness (QED) is 0.796. The van der Waals surface area contributed by atoms with Crippen molar-refractivity contribution in [2.24, 2.45) is 0 Å². The van der Waals surface area contributed by atoms with Crippen LogP contribution in [0.3, 0.4) is 0 Å². The fourth-order valence-electron chi connectivity index (χ4n) is 1.81. The van der Waals surface area contributed by atoms with E-state index in [4.69, 9.17) is 6.42 Å². The van der Waals surface area contributed by atoms with Gasteiger partial charge in [-0.1, -0.05) is 25.1 Å². The maximum absolute atomic E-state index is 12.6. The lowest BCUT2D eigenvalue weighted by atomic mass is 10.0. The number of halogens is 3. The average Bonchev–Trinajstić information content (AvgIpc) is 2.29. The van der Waals surface area contributed by atoms with Crippen LogP contribution in [-0.2, 0) is 12.6 Å². The van der Waals surface area contributed by atoms with Gasteiger partial charge in [-0.05, 0) is 24.6 Å². The molecule has 0 saturated carbocycles. The van der Waals surface area contributed by atoms with E-state index in [2.05, 4.69) is 11.2 Å². The lowest BCUT2D eigenvalue weighted by molar-refractivity contribution is -0.137. The Morgan fingerprint density at radius 3 is 2.67 bits per heavy atom. The number of likely N-dealkylation sites (N-methyl/N-ethyl adjacent to an activating group) is 1. The van der Waals surface area contributed by atoms with Crippen LogP contribution in [0.15, 0.2) is 24.3 Å². The van der Waals surface area contributed by atoms with Crippen molar-refractivity contribution in [1.29, 1.82) is 0 Å². The Balaban J connectivity index is 2.80. The van der Waals surface area contributed by atoms with Crippen molar-refractivity contribution in [3.63, 3.8) is 0 Å². The molecule has 0 spiro atoms. The van der Waals surface area contributed by atoms with Gasteiger partial charge in [0.25, 0.3) is 0 Å². The summed E-state index contributed by atoms with van der Waals surface area (Å²) in [4.78, 5) is 0.